The fourth-order valence-corrected chi connectivity index (χ4v) is 5.15. The molecule has 0 heterocycles. The van der Waals surface area contributed by atoms with Crippen LogP contribution in [0.3, 0.4) is 0 Å². The fourth-order valence-electron chi connectivity index (χ4n) is 4.03. The van der Waals surface area contributed by atoms with Gasteiger partial charge in [0.1, 0.15) is 0 Å². The highest BCUT2D eigenvalue weighted by molar-refractivity contribution is 7.86. The van der Waals surface area contributed by atoms with Crippen LogP contribution >= 0.6 is 0 Å². The summed E-state index contributed by atoms with van der Waals surface area (Å²) < 4.78 is 31.7. The summed E-state index contributed by atoms with van der Waals surface area (Å²) in [7, 11) is -3.79. The van der Waals surface area contributed by atoms with Crippen LogP contribution in [0.25, 0.3) is 0 Å². The first-order chi connectivity index (χ1) is 12.7. The molecule has 146 valence electrons. The van der Waals surface area contributed by atoms with Gasteiger partial charge in [-0.1, -0.05) is 68.8 Å². The Morgan fingerprint density at radius 3 is 2.15 bits per heavy atom. The summed E-state index contributed by atoms with van der Waals surface area (Å²) >= 11 is 0. The SMILES string of the molecule is Cc1ccc(S(=O)(=O)O[C@@H]2C[C@H](C(C)(C)C)CC[C@H]2c2ccccc2)cc1. The lowest BCUT2D eigenvalue weighted by molar-refractivity contribution is 0.0612. The van der Waals surface area contributed by atoms with Gasteiger partial charge in [-0.3, -0.25) is 4.18 Å². The molecule has 0 aliphatic heterocycles. The molecule has 1 saturated carbocycles. The summed E-state index contributed by atoms with van der Waals surface area (Å²) in [5.74, 6) is 0.542. The van der Waals surface area contributed by atoms with E-state index in [4.69, 9.17) is 4.18 Å². The third kappa shape index (κ3) is 4.80. The number of benzene rings is 2. The maximum atomic E-state index is 12.9. The van der Waals surface area contributed by atoms with Gasteiger partial charge in [0.2, 0.25) is 0 Å². The van der Waals surface area contributed by atoms with E-state index in [0.717, 1.165) is 30.4 Å². The van der Waals surface area contributed by atoms with Crippen LogP contribution in [0.4, 0.5) is 0 Å². The van der Waals surface area contributed by atoms with Crippen LogP contribution < -0.4 is 0 Å². The molecule has 0 radical (unpaired) electrons. The van der Waals surface area contributed by atoms with Crippen molar-refractivity contribution in [1.82, 2.24) is 0 Å². The second kappa shape index (κ2) is 7.76. The van der Waals surface area contributed by atoms with Gasteiger partial charge in [0.25, 0.3) is 10.1 Å². The predicted octanol–water partition coefficient (Wildman–Crippen LogP) is 5.70. The molecular formula is C23H30O3S. The molecule has 0 amide bonds. The topological polar surface area (TPSA) is 43.4 Å². The Bertz CT molecular complexity index is 849. The van der Waals surface area contributed by atoms with Crippen molar-refractivity contribution in [3.05, 3.63) is 65.7 Å². The lowest BCUT2D eigenvalue weighted by Crippen LogP contribution is -2.36. The maximum Gasteiger partial charge on any atom is 0.297 e. The molecule has 0 unspecified atom stereocenters. The molecule has 3 atom stereocenters. The van der Waals surface area contributed by atoms with Gasteiger partial charge < -0.3 is 0 Å². The Morgan fingerprint density at radius 1 is 0.926 bits per heavy atom. The Labute approximate surface area is 163 Å². The summed E-state index contributed by atoms with van der Waals surface area (Å²) in [6.45, 7) is 8.63. The molecule has 27 heavy (non-hydrogen) atoms. The van der Waals surface area contributed by atoms with Gasteiger partial charge in [0.15, 0.2) is 0 Å². The molecule has 0 aromatic heterocycles. The third-order valence-electron chi connectivity index (χ3n) is 5.80. The zero-order valence-electron chi connectivity index (χ0n) is 16.7. The smallest absolute Gasteiger partial charge is 0.262 e. The van der Waals surface area contributed by atoms with Crippen molar-refractivity contribution in [1.29, 1.82) is 0 Å². The van der Waals surface area contributed by atoms with Crippen molar-refractivity contribution in [3.63, 3.8) is 0 Å². The third-order valence-corrected chi connectivity index (χ3v) is 7.15. The molecule has 1 aliphatic rings. The quantitative estimate of drug-likeness (QED) is 0.633. The second-order valence-corrected chi connectivity index (χ2v) is 10.4. The number of hydrogen-bond acceptors (Lipinski definition) is 3. The fraction of sp³-hybridized carbons (Fsp3) is 0.478. The standard InChI is InChI=1S/C23H30O3S/c1-17-10-13-20(14-11-17)27(24,25)26-22-16-19(23(2,3)4)12-15-21(22)18-8-6-5-7-9-18/h5-11,13-14,19,21-22H,12,15-16H2,1-4H3/t19-,21+,22-/m1/s1. The maximum absolute atomic E-state index is 12.9. The first kappa shape index (κ1) is 20.1. The van der Waals surface area contributed by atoms with Gasteiger partial charge in [-0.25, -0.2) is 0 Å². The average Bonchev–Trinajstić information content (AvgIpc) is 2.62. The van der Waals surface area contributed by atoms with E-state index in [1.54, 1.807) is 12.1 Å². The zero-order valence-corrected chi connectivity index (χ0v) is 17.5. The monoisotopic (exact) mass is 386 g/mol. The normalized spacial score (nSPS) is 23.9. The first-order valence-corrected chi connectivity index (χ1v) is 11.1. The van der Waals surface area contributed by atoms with Crippen LogP contribution in [-0.2, 0) is 14.3 Å². The molecule has 1 aliphatic carbocycles. The summed E-state index contributed by atoms with van der Waals surface area (Å²) in [6, 6.07) is 17.1. The van der Waals surface area contributed by atoms with Gasteiger partial charge in [0.05, 0.1) is 11.0 Å². The van der Waals surface area contributed by atoms with E-state index >= 15 is 0 Å². The molecule has 1 fully saturated rings. The van der Waals surface area contributed by atoms with E-state index < -0.39 is 10.1 Å². The van der Waals surface area contributed by atoms with E-state index in [1.165, 1.54) is 0 Å². The molecule has 3 rings (SSSR count). The minimum absolute atomic E-state index is 0.102. The van der Waals surface area contributed by atoms with E-state index in [0.29, 0.717) is 5.92 Å². The Hall–Kier alpha value is -1.65. The van der Waals surface area contributed by atoms with Crippen molar-refractivity contribution in [2.24, 2.45) is 11.3 Å². The van der Waals surface area contributed by atoms with E-state index in [1.807, 2.05) is 37.3 Å². The summed E-state index contributed by atoms with van der Waals surface area (Å²) in [5, 5.41) is 0. The number of aryl methyl sites for hydroxylation is 1. The molecular weight excluding hydrogens is 356 g/mol. The highest BCUT2D eigenvalue weighted by Crippen LogP contribution is 2.45. The highest BCUT2D eigenvalue weighted by Gasteiger charge is 2.39. The number of hydrogen-bond donors (Lipinski definition) is 0. The molecule has 4 heteroatoms. The lowest BCUT2D eigenvalue weighted by Gasteiger charge is -2.41. The molecule has 2 aromatic rings. The van der Waals surface area contributed by atoms with Crippen LogP contribution in [-0.4, -0.2) is 14.5 Å². The molecule has 0 bridgehead atoms. The minimum Gasteiger partial charge on any atom is -0.262 e. The van der Waals surface area contributed by atoms with E-state index in [2.05, 4.69) is 32.9 Å². The molecule has 2 aromatic carbocycles. The van der Waals surface area contributed by atoms with Crippen molar-refractivity contribution < 1.29 is 12.6 Å². The van der Waals surface area contributed by atoms with Gasteiger partial charge in [-0.15, -0.1) is 0 Å². The molecule has 3 nitrogen and oxygen atoms in total. The van der Waals surface area contributed by atoms with Gasteiger partial charge in [-0.2, -0.15) is 8.42 Å². The van der Waals surface area contributed by atoms with Crippen molar-refractivity contribution in [2.45, 2.75) is 63.9 Å². The van der Waals surface area contributed by atoms with Crippen LogP contribution in [0.15, 0.2) is 59.5 Å². The predicted molar refractivity (Wildman–Crippen MR) is 109 cm³/mol. The molecule has 0 spiro atoms. The Morgan fingerprint density at radius 2 is 1.56 bits per heavy atom. The lowest BCUT2D eigenvalue weighted by atomic mass is 9.67. The van der Waals surface area contributed by atoms with Crippen LogP contribution in [0.1, 0.15) is 57.1 Å². The van der Waals surface area contributed by atoms with E-state index in [9.17, 15) is 8.42 Å². The Balaban J connectivity index is 1.89. The van der Waals surface area contributed by atoms with Gasteiger partial charge >= 0.3 is 0 Å². The van der Waals surface area contributed by atoms with Crippen LogP contribution in [0.2, 0.25) is 0 Å². The summed E-state index contributed by atoms with van der Waals surface area (Å²) in [6.07, 6.45) is 2.46. The highest BCUT2D eigenvalue weighted by atomic mass is 32.2. The van der Waals surface area contributed by atoms with Crippen LogP contribution in [0.5, 0.6) is 0 Å². The first-order valence-electron chi connectivity index (χ1n) is 9.72. The minimum atomic E-state index is -3.79. The summed E-state index contributed by atoms with van der Waals surface area (Å²) in [4.78, 5) is 0.234. The second-order valence-electron chi connectivity index (χ2n) is 8.80. The van der Waals surface area contributed by atoms with Crippen LogP contribution in [0, 0.1) is 18.3 Å². The Kier molecular flexibility index (Phi) is 5.78. The van der Waals surface area contributed by atoms with Gasteiger partial charge in [0, 0.05) is 5.92 Å². The number of rotatable bonds is 4. The zero-order chi connectivity index (χ0) is 19.7. The van der Waals surface area contributed by atoms with Crippen molar-refractivity contribution >= 4 is 10.1 Å². The summed E-state index contributed by atoms with van der Waals surface area (Å²) in [5.41, 5.74) is 2.33. The van der Waals surface area contributed by atoms with Crippen molar-refractivity contribution in [3.8, 4) is 0 Å². The van der Waals surface area contributed by atoms with Crippen molar-refractivity contribution in [2.75, 3.05) is 0 Å². The molecule has 0 N–H and O–H groups in total. The average molecular weight is 387 g/mol. The molecule has 0 saturated heterocycles. The van der Waals surface area contributed by atoms with Gasteiger partial charge in [-0.05, 0) is 55.2 Å². The van der Waals surface area contributed by atoms with E-state index in [-0.39, 0.29) is 22.3 Å². The largest absolute Gasteiger partial charge is 0.297 e.